The van der Waals surface area contributed by atoms with Gasteiger partial charge in [-0.3, -0.25) is 19.2 Å². The van der Waals surface area contributed by atoms with Crippen LogP contribution in [-0.4, -0.2) is 102 Å². The lowest BCUT2D eigenvalue weighted by molar-refractivity contribution is -0.145. The molecule has 3 aromatic heterocycles. The summed E-state index contributed by atoms with van der Waals surface area (Å²) in [5.74, 6) is -0.870. The Morgan fingerprint density at radius 2 is 1.70 bits per heavy atom. The van der Waals surface area contributed by atoms with Gasteiger partial charge in [0.1, 0.15) is 47.6 Å². The molecule has 6 heterocycles. The molecule has 4 aromatic carbocycles. The lowest BCUT2D eigenvalue weighted by Crippen LogP contribution is -2.63. The van der Waals surface area contributed by atoms with Crippen molar-refractivity contribution in [2.75, 3.05) is 37.6 Å². The standard InChI is InChI=1S/C45H42F2N10O3/c46-31-14-15-39(37(47)21-31)57-43-35(23-51-57)42(49-28-50-43)56-25-33-22-40(56)45(59)55-19-18-53(24-29-8-2-1-3-9-29)27-41(55)44(58)48-16-4-5-17-54-26-36-34(12-7-13-38(36)52-54)30-10-6-11-32(20-30)60-33/h1-3,6-15,20-21,23,26,28,33,40-41H,4-5,16-19,22,24-25,27H2,(H,48,58)/t33-,40-,41-/m0/s1. The number of piperazine rings is 1. The van der Waals surface area contributed by atoms with E-state index in [1.165, 1.54) is 23.3 Å². The first-order chi connectivity index (χ1) is 29.4. The van der Waals surface area contributed by atoms with Crippen LogP contribution in [0.5, 0.6) is 5.75 Å². The van der Waals surface area contributed by atoms with E-state index in [0.717, 1.165) is 52.6 Å². The number of hydrogen-bond donors (Lipinski definition) is 1. The SMILES string of the molecule is O=C1NCCCCn2cc3c(cccc3n2)-c2cccc(c2)O[C@H]2C[C@@H](C(=O)N3CCN(Cc4ccccc4)C[C@@H]13)N(c1ncnc3c1cnn3-c1ccc(F)cc1F)C2. The van der Waals surface area contributed by atoms with E-state index in [-0.39, 0.29) is 29.7 Å². The van der Waals surface area contributed by atoms with Gasteiger partial charge in [0, 0.05) is 63.3 Å². The van der Waals surface area contributed by atoms with E-state index in [9.17, 15) is 9.18 Å². The maximum Gasteiger partial charge on any atom is 0.246 e. The molecule has 1 N–H and O–H groups in total. The summed E-state index contributed by atoms with van der Waals surface area (Å²) in [6.45, 7) is 3.36. The molecule has 7 aromatic rings. The summed E-state index contributed by atoms with van der Waals surface area (Å²) in [5, 5.41) is 14.0. The van der Waals surface area contributed by atoms with Crippen molar-refractivity contribution in [1.29, 1.82) is 0 Å². The Kier molecular flexibility index (Phi) is 9.87. The Hall–Kier alpha value is -6.74. The van der Waals surface area contributed by atoms with Crippen molar-refractivity contribution in [3.8, 4) is 22.6 Å². The van der Waals surface area contributed by atoms with E-state index < -0.39 is 29.8 Å². The fraction of sp³-hybridized carbons (Fsp3) is 0.289. The van der Waals surface area contributed by atoms with Crippen molar-refractivity contribution in [1.82, 2.24) is 44.6 Å². The van der Waals surface area contributed by atoms with Crippen LogP contribution in [0.25, 0.3) is 38.8 Å². The van der Waals surface area contributed by atoms with Gasteiger partial charge in [-0.05, 0) is 59.9 Å². The first kappa shape index (κ1) is 37.5. The Balaban J connectivity index is 1.03. The molecule has 60 heavy (non-hydrogen) atoms. The number of carbonyl (C=O) groups excluding carboxylic acids is 2. The molecule has 3 aliphatic rings. The van der Waals surface area contributed by atoms with Gasteiger partial charge >= 0.3 is 0 Å². The van der Waals surface area contributed by atoms with Crippen LogP contribution in [-0.2, 0) is 22.7 Å². The lowest BCUT2D eigenvalue weighted by Gasteiger charge is -2.42. The number of halogens is 2. The van der Waals surface area contributed by atoms with Gasteiger partial charge in [-0.25, -0.2) is 23.4 Å². The minimum Gasteiger partial charge on any atom is -0.488 e. The molecule has 0 spiro atoms. The van der Waals surface area contributed by atoms with Crippen LogP contribution in [0.2, 0.25) is 0 Å². The second-order valence-electron chi connectivity index (χ2n) is 15.7. The minimum absolute atomic E-state index is 0.0202. The number of nitrogens with zero attached hydrogens (tertiary/aromatic N) is 9. The van der Waals surface area contributed by atoms with Crippen molar-refractivity contribution in [3.63, 3.8) is 0 Å². The highest BCUT2D eigenvalue weighted by atomic mass is 19.1. The number of fused-ring (bicyclic) bond motifs is 8. The number of aryl methyl sites for hydroxylation is 1. The predicted molar refractivity (Wildman–Crippen MR) is 221 cm³/mol. The maximum atomic E-state index is 15.2. The quantitative estimate of drug-likeness (QED) is 0.236. The molecule has 10 rings (SSSR count). The zero-order valence-electron chi connectivity index (χ0n) is 32.7. The summed E-state index contributed by atoms with van der Waals surface area (Å²) in [4.78, 5) is 44.4. The molecule has 15 heteroatoms. The van der Waals surface area contributed by atoms with Crippen molar-refractivity contribution in [2.24, 2.45) is 0 Å². The third-order valence-corrected chi connectivity index (χ3v) is 11.8. The van der Waals surface area contributed by atoms with E-state index in [2.05, 4.69) is 55.7 Å². The predicted octanol–water partition coefficient (Wildman–Crippen LogP) is 5.76. The highest BCUT2D eigenvalue weighted by Crippen LogP contribution is 2.36. The summed E-state index contributed by atoms with van der Waals surface area (Å²) < 4.78 is 39.0. The summed E-state index contributed by atoms with van der Waals surface area (Å²) in [6, 6.07) is 25.9. The number of ether oxygens (including phenoxy) is 1. The van der Waals surface area contributed by atoms with Crippen LogP contribution >= 0.6 is 0 Å². The average molecular weight is 809 g/mol. The molecule has 3 atom stereocenters. The van der Waals surface area contributed by atoms with Gasteiger partial charge in [0.25, 0.3) is 0 Å². The van der Waals surface area contributed by atoms with Gasteiger partial charge in [-0.15, -0.1) is 0 Å². The van der Waals surface area contributed by atoms with Crippen LogP contribution in [0.3, 0.4) is 0 Å². The van der Waals surface area contributed by atoms with Gasteiger partial charge in [-0.2, -0.15) is 10.2 Å². The number of benzene rings is 4. The lowest BCUT2D eigenvalue weighted by atomic mass is 10.0. The molecule has 0 radical (unpaired) electrons. The van der Waals surface area contributed by atoms with Gasteiger partial charge in [0.15, 0.2) is 11.5 Å². The monoisotopic (exact) mass is 808 g/mol. The molecule has 6 bridgehead atoms. The highest BCUT2D eigenvalue weighted by Gasteiger charge is 2.45. The van der Waals surface area contributed by atoms with Crippen LogP contribution < -0.4 is 15.0 Å². The van der Waals surface area contributed by atoms with E-state index in [0.29, 0.717) is 62.6 Å². The van der Waals surface area contributed by atoms with Crippen molar-refractivity contribution in [3.05, 3.63) is 127 Å². The van der Waals surface area contributed by atoms with Gasteiger partial charge in [0.05, 0.1) is 23.6 Å². The number of anilines is 1. The molecular formula is C45H42F2N10O3. The van der Waals surface area contributed by atoms with E-state index in [4.69, 9.17) is 9.84 Å². The Morgan fingerprint density at radius 1 is 0.817 bits per heavy atom. The van der Waals surface area contributed by atoms with Gasteiger partial charge in [0.2, 0.25) is 11.8 Å². The number of carbonyl (C=O) groups is 2. The third-order valence-electron chi connectivity index (χ3n) is 11.8. The highest BCUT2D eigenvalue weighted by molar-refractivity contribution is 5.96. The number of amides is 2. The van der Waals surface area contributed by atoms with Crippen LogP contribution in [0.15, 0.2) is 110 Å². The summed E-state index contributed by atoms with van der Waals surface area (Å²) >= 11 is 0. The number of aromatic nitrogens is 6. The smallest absolute Gasteiger partial charge is 0.246 e. The molecule has 2 fully saturated rings. The largest absolute Gasteiger partial charge is 0.488 e. The van der Waals surface area contributed by atoms with E-state index in [1.807, 2.05) is 58.1 Å². The maximum absolute atomic E-state index is 15.2. The van der Waals surface area contributed by atoms with Crippen LogP contribution in [0.1, 0.15) is 24.8 Å². The number of hydrogen-bond acceptors (Lipinski definition) is 9. The first-order valence-electron chi connectivity index (χ1n) is 20.3. The normalized spacial score (nSPS) is 20.3. The van der Waals surface area contributed by atoms with Crippen LogP contribution in [0, 0.1) is 11.6 Å². The Labute approximate surface area is 344 Å². The fourth-order valence-corrected chi connectivity index (χ4v) is 8.86. The van der Waals surface area contributed by atoms with E-state index in [1.54, 1.807) is 4.90 Å². The molecule has 2 amide bonds. The molecule has 304 valence electrons. The molecule has 0 unspecified atom stereocenters. The van der Waals surface area contributed by atoms with E-state index >= 15 is 9.18 Å². The minimum atomic E-state index is -0.799. The summed E-state index contributed by atoms with van der Waals surface area (Å²) in [7, 11) is 0. The molecule has 0 saturated carbocycles. The van der Waals surface area contributed by atoms with Crippen molar-refractivity contribution >= 4 is 39.6 Å². The fourth-order valence-electron chi connectivity index (χ4n) is 8.86. The topological polar surface area (TPSA) is 127 Å². The second kappa shape index (κ2) is 15.8. The number of rotatable bonds is 4. The average Bonchev–Trinajstić information content (AvgIpc) is 4.00. The molecular weight excluding hydrogens is 767 g/mol. The van der Waals surface area contributed by atoms with Crippen molar-refractivity contribution < 1.29 is 23.1 Å². The molecule has 3 aliphatic heterocycles. The van der Waals surface area contributed by atoms with Crippen molar-refractivity contribution in [2.45, 2.75) is 50.5 Å². The molecule has 13 nitrogen and oxygen atoms in total. The summed E-state index contributed by atoms with van der Waals surface area (Å²) in [6.07, 6.45) is 6.34. The number of nitrogens with one attached hydrogen (secondary N) is 1. The van der Waals surface area contributed by atoms with Gasteiger partial charge in [-0.1, -0.05) is 54.6 Å². The summed E-state index contributed by atoms with van der Waals surface area (Å²) in [5.41, 5.74) is 4.34. The zero-order valence-corrected chi connectivity index (χ0v) is 32.7. The van der Waals surface area contributed by atoms with Crippen LogP contribution in [0.4, 0.5) is 14.6 Å². The third kappa shape index (κ3) is 7.18. The molecule has 2 saturated heterocycles. The second-order valence-corrected chi connectivity index (χ2v) is 15.7. The Morgan fingerprint density at radius 3 is 2.58 bits per heavy atom. The molecule has 0 aliphatic carbocycles. The van der Waals surface area contributed by atoms with Gasteiger partial charge < -0.3 is 19.9 Å². The zero-order chi connectivity index (χ0) is 40.7. The first-order valence-corrected chi connectivity index (χ1v) is 20.3. The Bertz CT molecular complexity index is 2720.